The summed E-state index contributed by atoms with van der Waals surface area (Å²) in [6.45, 7) is 2.23. The Morgan fingerprint density at radius 2 is 2.17 bits per heavy atom. The van der Waals surface area contributed by atoms with Crippen LogP contribution in [0.25, 0.3) is 0 Å². The van der Waals surface area contributed by atoms with Gasteiger partial charge in [0.25, 0.3) is 0 Å². The van der Waals surface area contributed by atoms with Crippen LogP contribution < -0.4 is 0 Å². The van der Waals surface area contributed by atoms with Crippen LogP contribution in [0.4, 0.5) is 0 Å². The summed E-state index contributed by atoms with van der Waals surface area (Å²) in [5.74, 6) is 0.113. The van der Waals surface area contributed by atoms with E-state index in [9.17, 15) is 9.59 Å². The molecule has 0 unspecified atom stereocenters. The predicted octanol–water partition coefficient (Wildman–Crippen LogP) is 2.61. The number of rotatable bonds is 8. The summed E-state index contributed by atoms with van der Waals surface area (Å²) in [5.41, 5.74) is 0.623. The molecule has 18 heavy (non-hydrogen) atoms. The Balaban J connectivity index is 2.82. The number of hydrogen-bond acceptors (Lipinski definition) is 6. The molecule has 1 aromatic rings. The largest absolute Gasteiger partial charge is 0.384 e. The van der Waals surface area contributed by atoms with Crippen LogP contribution in [-0.4, -0.2) is 36.5 Å². The Morgan fingerprint density at radius 3 is 2.72 bits per heavy atom. The molecule has 0 radical (unpaired) electrons. The lowest BCUT2D eigenvalue weighted by atomic mass is 10.1. The monoisotopic (exact) mass is 287 g/mol. The Bertz CT molecular complexity index is 429. The number of thioether (sulfide) groups is 1. The number of Topliss-reactive ketones (excluding diaryl/α,β-unsaturated/α-hetero) is 2. The van der Waals surface area contributed by atoms with Crippen molar-refractivity contribution in [2.24, 2.45) is 0 Å². The third kappa shape index (κ3) is 4.19. The van der Waals surface area contributed by atoms with E-state index in [-0.39, 0.29) is 18.0 Å². The lowest BCUT2D eigenvalue weighted by Crippen LogP contribution is -2.09. The first-order valence-electron chi connectivity index (χ1n) is 5.69. The first kappa shape index (κ1) is 15.3. The zero-order chi connectivity index (χ0) is 13.5. The van der Waals surface area contributed by atoms with Gasteiger partial charge in [0.15, 0.2) is 10.1 Å². The predicted molar refractivity (Wildman–Crippen MR) is 73.7 cm³/mol. The second-order valence-corrected chi connectivity index (χ2v) is 5.75. The Kier molecular flexibility index (Phi) is 6.52. The molecule has 0 aliphatic heterocycles. The average Bonchev–Trinajstić information content (AvgIpc) is 2.78. The molecule has 0 atom stereocenters. The van der Waals surface area contributed by atoms with Crippen molar-refractivity contribution < 1.29 is 14.3 Å². The first-order chi connectivity index (χ1) is 8.62. The van der Waals surface area contributed by atoms with Gasteiger partial charge < -0.3 is 4.74 Å². The van der Waals surface area contributed by atoms with Crippen molar-refractivity contribution in [2.45, 2.75) is 30.5 Å². The lowest BCUT2D eigenvalue weighted by molar-refractivity contribution is -0.119. The molecule has 0 aliphatic carbocycles. The number of methoxy groups -OCH3 is 1. The molecule has 1 rings (SSSR count). The van der Waals surface area contributed by atoms with Crippen LogP contribution in [0, 0.1) is 0 Å². The number of aromatic nitrogens is 1. The maximum absolute atomic E-state index is 11.8. The van der Waals surface area contributed by atoms with Gasteiger partial charge in [0.2, 0.25) is 0 Å². The molecule has 0 amide bonds. The van der Waals surface area contributed by atoms with Crippen molar-refractivity contribution in [3.05, 3.63) is 10.6 Å². The number of ether oxygens (including phenoxy) is 1. The average molecular weight is 287 g/mol. The molecule has 0 fully saturated rings. The molecule has 0 aliphatic rings. The molecule has 0 aromatic carbocycles. The number of ketones is 2. The summed E-state index contributed by atoms with van der Waals surface area (Å²) in [6.07, 6.45) is 2.94. The quantitative estimate of drug-likeness (QED) is 0.543. The summed E-state index contributed by atoms with van der Waals surface area (Å²) < 4.78 is 5.70. The summed E-state index contributed by atoms with van der Waals surface area (Å²) in [5, 5.41) is 0. The van der Waals surface area contributed by atoms with Gasteiger partial charge in [-0.1, -0.05) is 18.7 Å². The van der Waals surface area contributed by atoms with Gasteiger partial charge in [-0.3, -0.25) is 9.59 Å². The molecule has 0 N–H and O–H groups in total. The molecule has 1 aromatic heterocycles. The van der Waals surface area contributed by atoms with Crippen LogP contribution >= 0.6 is 23.1 Å². The van der Waals surface area contributed by atoms with Gasteiger partial charge in [0, 0.05) is 20.0 Å². The molecule has 0 saturated heterocycles. The third-order valence-electron chi connectivity index (χ3n) is 2.38. The summed E-state index contributed by atoms with van der Waals surface area (Å²) in [7, 11) is 1.56. The van der Waals surface area contributed by atoms with Crippen LogP contribution in [0.3, 0.4) is 0 Å². The van der Waals surface area contributed by atoms with Crippen molar-refractivity contribution in [3.8, 4) is 0 Å². The van der Waals surface area contributed by atoms with E-state index in [1.165, 1.54) is 23.1 Å². The van der Waals surface area contributed by atoms with E-state index in [1.54, 1.807) is 7.11 Å². The van der Waals surface area contributed by atoms with Gasteiger partial charge in [-0.15, -0.1) is 11.3 Å². The fourth-order valence-corrected chi connectivity index (χ4v) is 3.02. The number of thiazole rings is 1. The highest BCUT2D eigenvalue weighted by Crippen LogP contribution is 2.27. The highest BCUT2D eigenvalue weighted by Gasteiger charge is 2.18. The number of carbonyl (C=O) groups excluding carboxylic acids is 2. The fourth-order valence-electron chi connectivity index (χ4n) is 1.41. The first-order valence-corrected chi connectivity index (χ1v) is 7.74. The van der Waals surface area contributed by atoms with Crippen LogP contribution in [0.1, 0.15) is 35.1 Å². The molecule has 0 spiro atoms. The minimum atomic E-state index is 0.0555. The third-order valence-corrected chi connectivity index (χ3v) is 4.50. The van der Waals surface area contributed by atoms with E-state index in [0.29, 0.717) is 30.0 Å². The SMILES string of the molecule is CCC(=O)c1sc(SC)nc1CC(=O)CCOC. The van der Waals surface area contributed by atoms with E-state index in [4.69, 9.17) is 4.74 Å². The van der Waals surface area contributed by atoms with Gasteiger partial charge in [-0.2, -0.15) is 0 Å². The number of carbonyl (C=O) groups is 2. The Labute approximate surface area is 115 Å². The van der Waals surface area contributed by atoms with E-state index in [1.807, 2.05) is 13.2 Å². The summed E-state index contributed by atoms with van der Waals surface area (Å²) in [6, 6.07) is 0. The maximum Gasteiger partial charge on any atom is 0.174 e. The minimum absolute atomic E-state index is 0.0555. The Hall–Kier alpha value is -0.720. The van der Waals surface area contributed by atoms with Gasteiger partial charge in [0.05, 0.1) is 23.6 Å². The summed E-state index contributed by atoms with van der Waals surface area (Å²) >= 11 is 2.87. The molecular formula is C12H17NO3S2. The lowest BCUT2D eigenvalue weighted by Gasteiger charge is -2.00. The van der Waals surface area contributed by atoms with Crippen LogP contribution in [0.15, 0.2) is 4.34 Å². The van der Waals surface area contributed by atoms with Gasteiger partial charge in [-0.25, -0.2) is 4.98 Å². The fraction of sp³-hybridized carbons (Fsp3) is 0.583. The zero-order valence-electron chi connectivity index (χ0n) is 10.8. The van der Waals surface area contributed by atoms with Crippen LogP contribution in [-0.2, 0) is 16.0 Å². The molecule has 4 nitrogen and oxygen atoms in total. The van der Waals surface area contributed by atoms with Crippen molar-refractivity contribution >= 4 is 34.7 Å². The van der Waals surface area contributed by atoms with Gasteiger partial charge in [-0.05, 0) is 6.26 Å². The van der Waals surface area contributed by atoms with Crippen LogP contribution in [0.5, 0.6) is 0 Å². The van der Waals surface area contributed by atoms with Gasteiger partial charge >= 0.3 is 0 Å². The van der Waals surface area contributed by atoms with Crippen molar-refractivity contribution in [1.82, 2.24) is 4.98 Å². The second kappa shape index (κ2) is 7.66. The molecule has 0 bridgehead atoms. The van der Waals surface area contributed by atoms with E-state index in [0.717, 1.165) is 4.34 Å². The topological polar surface area (TPSA) is 56.3 Å². The van der Waals surface area contributed by atoms with Crippen molar-refractivity contribution in [3.63, 3.8) is 0 Å². The number of hydrogen-bond donors (Lipinski definition) is 0. The highest BCUT2D eigenvalue weighted by molar-refractivity contribution is 8.00. The van der Waals surface area contributed by atoms with Crippen LogP contribution in [0.2, 0.25) is 0 Å². The standard InChI is InChI=1S/C12H17NO3S2/c1-4-10(15)11-9(13-12(17-3)18-11)7-8(14)5-6-16-2/h4-7H2,1-3H3. The zero-order valence-corrected chi connectivity index (χ0v) is 12.4. The number of nitrogens with zero attached hydrogens (tertiary/aromatic N) is 1. The normalized spacial score (nSPS) is 10.6. The molecule has 100 valence electrons. The summed E-state index contributed by atoms with van der Waals surface area (Å²) in [4.78, 5) is 28.5. The van der Waals surface area contributed by atoms with E-state index in [2.05, 4.69) is 4.98 Å². The minimum Gasteiger partial charge on any atom is -0.384 e. The molecule has 1 heterocycles. The van der Waals surface area contributed by atoms with Crippen molar-refractivity contribution in [1.29, 1.82) is 0 Å². The molecule has 0 saturated carbocycles. The maximum atomic E-state index is 11.8. The van der Waals surface area contributed by atoms with Crippen molar-refractivity contribution in [2.75, 3.05) is 20.0 Å². The highest BCUT2D eigenvalue weighted by atomic mass is 32.2. The molecule has 6 heteroatoms. The van der Waals surface area contributed by atoms with E-state index < -0.39 is 0 Å². The van der Waals surface area contributed by atoms with E-state index >= 15 is 0 Å². The smallest absolute Gasteiger partial charge is 0.174 e. The Morgan fingerprint density at radius 1 is 1.44 bits per heavy atom. The second-order valence-electron chi connectivity index (χ2n) is 3.69. The molecular weight excluding hydrogens is 270 g/mol. The van der Waals surface area contributed by atoms with Gasteiger partial charge in [0.1, 0.15) is 5.78 Å².